The standard InChI is InChI=1S/C16H16N4O3S/c1-23-12-4-5-13-10(7-12)3-6-14(13)20-15-11(9-18-20)8-17-16(19-15)24(2,21)22/h4-5,7-9,14H,3,6H2,1-2H3. The molecule has 0 radical (unpaired) electrons. The number of hydrogen-bond donors (Lipinski definition) is 0. The Hall–Kier alpha value is -2.48. The molecule has 124 valence electrons. The van der Waals surface area contributed by atoms with E-state index in [1.54, 1.807) is 18.0 Å². The number of nitrogens with zero attached hydrogens (tertiary/aromatic N) is 4. The molecular formula is C16H16N4O3S. The van der Waals surface area contributed by atoms with E-state index in [-0.39, 0.29) is 11.2 Å². The van der Waals surface area contributed by atoms with Crippen LogP contribution in [0.1, 0.15) is 23.6 Å². The molecule has 2 heterocycles. The van der Waals surface area contributed by atoms with Crippen molar-refractivity contribution in [2.24, 2.45) is 0 Å². The summed E-state index contributed by atoms with van der Waals surface area (Å²) in [6.45, 7) is 0. The van der Waals surface area contributed by atoms with Crippen LogP contribution in [0.4, 0.5) is 0 Å². The second kappa shape index (κ2) is 5.27. The summed E-state index contributed by atoms with van der Waals surface area (Å²) in [6, 6.07) is 6.04. The number of benzene rings is 1. The third-order valence-electron chi connectivity index (χ3n) is 4.34. The number of ether oxygens (including phenoxy) is 1. The fourth-order valence-corrected chi connectivity index (χ4v) is 3.68. The predicted molar refractivity (Wildman–Crippen MR) is 87.9 cm³/mol. The Morgan fingerprint density at radius 2 is 2.12 bits per heavy atom. The molecule has 4 rings (SSSR count). The Kier molecular flexibility index (Phi) is 3.31. The van der Waals surface area contributed by atoms with Gasteiger partial charge in [-0.05, 0) is 36.1 Å². The lowest BCUT2D eigenvalue weighted by Gasteiger charge is -2.13. The van der Waals surface area contributed by atoms with E-state index < -0.39 is 9.84 Å². The van der Waals surface area contributed by atoms with Crippen molar-refractivity contribution in [3.63, 3.8) is 0 Å². The van der Waals surface area contributed by atoms with Gasteiger partial charge in [-0.25, -0.2) is 18.1 Å². The van der Waals surface area contributed by atoms with E-state index in [1.807, 2.05) is 18.2 Å². The van der Waals surface area contributed by atoms with Gasteiger partial charge in [0.2, 0.25) is 15.0 Å². The highest BCUT2D eigenvalue weighted by Crippen LogP contribution is 2.37. The van der Waals surface area contributed by atoms with Crippen molar-refractivity contribution < 1.29 is 13.2 Å². The second-order valence-electron chi connectivity index (χ2n) is 5.91. The Bertz CT molecular complexity index is 1040. The Balaban J connectivity index is 1.84. The van der Waals surface area contributed by atoms with Crippen molar-refractivity contribution in [2.45, 2.75) is 24.0 Å². The summed E-state index contributed by atoms with van der Waals surface area (Å²) >= 11 is 0. The molecule has 2 aromatic heterocycles. The van der Waals surface area contributed by atoms with Crippen LogP contribution in [0.5, 0.6) is 5.75 Å². The molecule has 1 aliphatic carbocycles. The molecule has 24 heavy (non-hydrogen) atoms. The van der Waals surface area contributed by atoms with E-state index in [9.17, 15) is 8.42 Å². The fourth-order valence-electron chi connectivity index (χ4n) is 3.18. The Labute approximate surface area is 139 Å². The van der Waals surface area contributed by atoms with Gasteiger partial charge in [-0.15, -0.1) is 0 Å². The van der Waals surface area contributed by atoms with Crippen LogP contribution in [-0.4, -0.2) is 41.5 Å². The van der Waals surface area contributed by atoms with Gasteiger partial charge in [0.05, 0.1) is 24.7 Å². The molecule has 8 heteroatoms. The van der Waals surface area contributed by atoms with Crippen LogP contribution in [-0.2, 0) is 16.3 Å². The van der Waals surface area contributed by atoms with E-state index in [0.717, 1.165) is 30.2 Å². The summed E-state index contributed by atoms with van der Waals surface area (Å²) < 4.78 is 30.5. The van der Waals surface area contributed by atoms with Gasteiger partial charge in [-0.3, -0.25) is 0 Å². The molecule has 0 aliphatic heterocycles. The molecule has 3 aromatic rings. The van der Waals surface area contributed by atoms with Crippen molar-refractivity contribution >= 4 is 20.9 Å². The third kappa shape index (κ3) is 2.34. The summed E-state index contributed by atoms with van der Waals surface area (Å²) in [7, 11) is -1.81. The van der Waals surface area contributed by atoms with Gasteiger partial charge in [0.15, 0.2) is 5.65 Å². The van der Waals surface area contributed by atoms with Crippen molar-refractivity contribution in [1.29, 1.82) is 0 Å². The minimum absolute atomic E-state index is 0.0331. The summed E-state index contributed by atoms with van der Waals surface area (Å²) in [4.78, 5) is 8.15. The number of fused-ring (bicyclic) bond motifs is 2. The van der Waals surface area contributed by atoms with Gasteiger partial charge in [-0.2, -0.15) is 10.1 Å². The smallest absolute Gasteiger partial charge is 0.248 e. The van der Waals surface area contributed by atoms with Crippen molar-refractivity contribution in [3.05, 3.63) is 41.7 Å². The number of aromatic nitrogens is 4. The molecule has 1 atom stereocenters. The second-order valence-corrected chi connectivity index (χ2v) is 7.82. The molecule has 0 bridgehead atoms. The predicted octanol–water partition coefficient (Wildman–Crippen LogP) is 1.77. The number of sulfone groups is 1. The number of methoxy groups -OCH3 is 1. The first kappa shape index (κ1) is 15.1. The zero-order valence-corrected chi connectivity index (χ0v) is 14.1. The molecule has 1 aromatic carbocycles. The lowest BCUT2D eigenvalue weighted by Crippen LogP contribution is -2.11. The molecule has 7 nitrogen and oxygen atoms in total. The SMILES string of the molecule is COc1ccc2c(c1)CCC2n1ncc2cnc(S(C)(=O)=O)nc21. The van der Waals surface area contributed by atoms with Gasteiger partial charge in [0.1, 0.15) is 5.75 Å². The minimum atomic E-state index is -3.46. The van der Waals surface area contributed by atoms with Gasteiger partial charge >= 0.3 is 0 Å². The van der Waals surface area contributed by atoms with E-state index in [4.69, 9.17) is 4.74 Å². The number of aryl methyl sites for hydroxylation is 1. The normalized spacial score (nSPS) is 17.2. The highest BCUT2D eigenvalue weighted by atomic mass is 32.2. The lowest BCUT2D eigenvalue weighted by molar-refractivity contribution is 0.414. The molecule has 0 saturated carbocycles. The fraction of sp³-hybridized carbons (Fsp3) is 0.312. The maximum Gasteiger partial charge on any atom is 0.248 e. The first-order valence-electron chi connectivity index (χ1n) is 7.54. The van der Waals surface area contributed by atoms with Crippen LogP contribution in [0.3, 0.4) is 0 Å². The van der Waals surface area contributed by atoms with Crippen LogP contribution in [0, 0.1) is 0 Å². The summed E-state index contributed by atoms with van der Waals surface area (Å²) in [6.07, 6.45) is 6.08. The maximum atomic E-state index is 11.7. The lowest BCUT2D eigenvalue weighted by atomic mass is 10.1. The first-order valence-corrected chi connectivity index (χ1v) is 9.43. The average Bonchev–Trinajstić information content (AvgIpc) is 3.15. The average molecular weight is 344 g/mol. The highest BCUT2D eigenvalue weighted by Gasteiger charge is 2.27. The summed E-state index contributed by atoms with van der Waals surface area (Å²) in [5, 5.41) is 4.98. The Morgan fingerprint density at radius 1 is 1.29 bits per heavy atom. The molecule has 0 saturated heterocycles. The molecule has 0 N–H and O–H groups in total. The number of rotatable bonds is 3. The van der Waals surface area contributed by atoms with Gasteiger partial charge in [0.25, 0.3) is 0 Å². The van der Waals surface area contributed by atoms with Crippen LogP contribution in [0.15, 0.2) is 35.7 Å². The van der Waals surface area contributed by atoms with Gasteiger partial charge in [-0.1, -0.05) is 6.07 Å². The molecular weight excluding hydrogens is 328 g/mol. The molecule has 1 aliphatic rings. The topological polar surface area (TPSA) is 87.0 Å². The quantitative estimate of drug-likeness (QED) is 0.673. The summed E-state index contributed by atoms with van der Waals surface area (Å²) in [5.74, 6) is 0.835. The van der Waals surface area contributed by atoms with Crippen molar-refractivity contribution in [2.75, 3.05) is 13.4 Å². The molecule has 0 amide bonds. The zero-order valence-electron chi connectivity index (χ0n) is 13.3. The molecule has 1 unspecified atom stereocenters. The van der Waals surface area contributed by atoms with Crippen molar-refractivity contribution in [3.8, 4) is 5.75 Å². The minimum Gasteiger partial charge on any atom is -0.497 e. The largest absolute Gasteiger partial charge is 0.497 e. The van der Waals surface area contributed by atoms with Crippen LogP contribution < -0.4 is 4.74 Å². The van der Waals surface area contributed by atoms with Crippen molar-refractivity contribution in [1.82, 2.24) is 19.7 Å². The van der Waals surface area contributed by atoms with Gasteiger partial charge < -0.3 is 4.74 Å². The summed E-state index contributed by atoms with van der Waals surface area (Å²) in [5.41, 5.74) is 2.93. The first-order chi connectivity index (χ1) is 11.5. The van der Waals surface area contributed by atoms with Gasteiger partial charge in [0, 0.05) is 12.5 Å². The van der Waals surface area contributed by atoms with Crippen LogP contribution >= 0.6 is 0 Å². The molecule has 0 spiro atoms. The molecule has 0 fully saturated rings. The Morgan fingerprint density at radius 3 is 2.88 bits per heavy atom. The van der Waals surface area contributed by atoms with Crippen LogP contribution in [0.25, 0.3) is 11.0 Å². The van der Waals surface area contributed by atoms with E-state index >= 15 is 0 Å². The third-order valence-corrected chi connectivity index (χ3v) is 5.20. The monoisotopic (exact) mass is 344 g/mol. The number of hydrogen-bond acceptors (Lipinski definition) is 6. The van der Waals surface area contributed by atoms with E-state index in [0.29, 0.717) is 5.65 Å². The zero-order chi connectivity index (χ0) is 16.9. The van der Waals surface area contributed by atoms with Crippen LogP contribution in [0.2, 0.25) is 0 Å². The maximum absolute atomic E-state index is 11.7. The highest BCUT2D eigenvalue weighted by molar-refractivity contribution is 7.90. The van der Waals surface area contributed by atoms with E-state index in [1.165, 1.54) is 17.3 Å². The van der Waals surface area contributed by atoms with E-state index in [2.05, 4.69) is 15.1 Å².